The van der Waals surface area contributed by atoms with Crippen molar-refractivity contribution in [3.8, 4) is 0 Å². The zero-order valence-electron chi connectivity index (χ0n) is 10.7. The molecule has 0 atom stereocenters. The summed E-state index contributed by atoms with van der Waals surface area (Å²) in [5, 5.41) is 3.15. The fraction of sp³-hybridized carbons (Fsp3) is 0.538. The average molecular weight is 255 g/mol. The molecule has 0 aliphatic carbocycles. The Hall–Kier alpha value is -1.03. The summed E-state index contributed by atoms with van der Waals surface area (Å²) in [7, 11) is -2.88. The quantitative estimate of drug-likeness (QED) is 0.850. The molecule has 0 amide bonds. The van der Waals surface area contributed by atoms with Crippen LogP contribution in [0, 0.1) is 0 Å². The van der Waals surface area contributed by atoms with Crippen molar-refractivity contribution < 1.29 is 8.42 Å². The summed E-state index contributed by atoms with van der Waals surface area (Å²) in [5.41, 5.74) is 2.25. The van der Waals surface area contributed by atoms with Crippen LogP contribution in [0.3, 0.4) is 0 Å². The van der Waals surface area contributed by atoms with E-state index in [-0.39, 0.29) is 11.5 Å². The Bertz CT molecular complexity index is 452. The third kappa shape index (κ3) is 4.77. The number of benzene rings is 1. The molecule has 0 aliphatic heterocycles. The van der Waals surface area contributed by atoms with Crippen molar-refractivity contribution in [3.05, 3.63) is 29.8 Å². The van der Waals surface area contributed by atoms with E-state index in [0.29, 0.717) is 12.5 Å². The van der Waals surface area contributed by atoms with Crippen LogP contribution in [0.15, 0.2) is 24.3 Å². The topological polar surface area (TPSA) is 46.2 Å². The molecule has 1 N–H and O–H groups in total. The van der Waals surface area contributed by atoms with E-state index in [1.165, 1.54) is 5.56 Å². The van der Waals surface area contributed by atoms with Crippen LogP contribution in [0.4, 0.5) is 5.69 Å². The van der Waals surface area contributed by atoms with Gasteiger partial charge in [0, 0.05) is 18.0 Å². The molecule has 0 unspecified atom stereocenters. The molecule has 0 aromatic heterocycles. The van der Waals surface area contributed by atoms with E-state index in [0.717, 1.165) is 5.69 Å². The molecule has 0 radical (unpaired) electrons. The molecule has 0 bridgehead atoms. The van der Waals surface area contributed by atoms with Crippen LogP contribution in [0.1, 0.15) is 32.3 Å². The Morgan fingerprint density at radius 2 is 2.00 bits per heavy atom. The van der Waals surface area contributed by atoms with Gasteiger partial charge >= 0.3 is 0 Å². The maximum atomic E-state index is 11.3. The lowest BCUT2D eigenvalue weighted by Crippen LogP contribution is -2.17. The summed E-state index contributed by atoms with van der Waals surface area (Å²) >= 11 is 0. The number of sulfone groups is 1. The molecule has 4 heteroatoms. The van der Waals surface area contributed by atoms with Crippen molar-refractivity contribution in [2.24, 2.45) is 0 Å². The van der Waals surface area contributed by atoms with Crippen LogP contribution in [0.5, 0.6) is 0 Å². The number of nitrogens with one attached hydrogen (secondary N) is 1. The van der Waals surface area contributed by atoms with Crippen molar-refractivity contribution in [2.75, 3.05) is 23.4 Å². The highest BCUT2D eigenvalue weighted by Crippen LogP contribution is 2.18. The van der Waals surface area contributed by atoms with Gasteiger partial charge in [0.25, 0.3) is 0 Å². The number of hydrogen-bond acceptors (Lipinski definition) is 3. The van der Waals surface area contributed by atoms with E-state index in [9.17, 15) is 8.42 Å². The first-order valence-electron chi connectivity index (χ1n) is 5.99. The average Bonchev–Trinajstić information content (AvgIpc) is 2.29. The number of rotatable bonds is 6. The first kappa shape index (κ1) is 14.0. The number of hydrogen-bond donors (Lipinski definition) is 1. The standard InChI is InChI=1S/C13H21NO2S/c1-4-17(15,16)9-8-14-13-7-5-6-12(10-13)11(2)3/h5-7,10-11,14H,4,8-9H2,1-3H3. The second-order valence-corrected chi connectivity index (χ2v) is 6.92. The predicted octanol–water partition coefficient (Wildman–Crippen LogP) is 2.66. The van der Waals surface area contributed by atoms with Gasteiger partial charge in [-0.3, -0.25) is 0 Å². The van der Waals surface area contributed by atoms with Crippen LogP contribution in [0.25, 0.3) is 0 Å². The summed E-state index contributed by atoms with van der Waals surface area (Å²) in [5.74, 6) is 0.881. The van der Waals surface area contributed by atoms with Gasteiger partial charge in [0.1, 0.15) is 0 Å². The normalized spacial score (nSPS) is 11.8. The van der Waals surface area contributed by atoms with Gasteiger partial charge in [-0.2, -0.15) is 0 Å². The lowest BCUT2D eigenvalue weighted by molar-refractivity contribution is 0.597. The Labute approximate surface area is 104 Å². The van der Waals surface area contributed by atoms with Crippen LogP contribution < -0.4 is 5.32 Å². The molecule has 1 rings (SSSR count). The largest absolute Gasteiger partial charge is 0.384 e. The molecule has 0 saturated heterocycles. The van der Waals surface area contributed by atoms with E-state index in [1.807, 2.05) is 12.1 Å². The molecule has 0 aliphatic rings. The minimum Gasteiger partial charge on any atom is -0.384 e. The van der Waals surface area contributed by atoms with Crippen LogP contribution in [0.2, 0.25) is 0 Å². The first-order chi connectivity index (χ1) is 7.94. The second-order valence-electron chi connectivity index (χ2n) is 4.44. The Kier molecular flexibility index (Phi) is 5.00. The molecule has 0 saturated carbocycles. The van der Waals surface area contributed by atoms with Gasteiger partial charge in [-0.05, 0) is 23.6 Å². The molecule has 3 nitrogen and oxygen atoms in total. The molecule has 0 heterocycles. The minimum absolute atomic E-state index is 0.190. The van der Waals surface area contributed by atoms with Crippen LogP contribution in [-0.4, -0.2) is 26.5 Å². The Morgan fingerprint density at radius 3 is 2.59 bits per heavy atom. The maximum Gasteiger partial charge on any atom is 0.151 e. The van der Waals surface area contributed by atoms with Gasteiger partial charge < -0.3 is 5.32 Å². The lowest BCUT2D eigenvalue weighted by atomic mass is 10.0. The van der Waals surface area contributed by atoms with Crippen molar-refractivity contribution >= 4 is 15.5 Å². The van der Waals surface area contributed by atoms with E-state index >= 15 is 0 Å². The smallest absolute Gasteiger partial charge is 0.151 e. The van der Waals surface area contributed by atoms with Gasteiger partial charge in [-0.1, -0.05) is 32.9 Å². The summed E-state index contributed by atoms with van der Waals surface area (Å²) in [4.78, 5) is 0. The minimum atomic E-state index is -2.88. The van der Waals surface area contributed by atoms with E-state index < -0.39 is 9.84 Å². The lowest BCUT2D eigenvalue weighted by Gasteiger charge is -2.10. The second kappa shape index (κ2) is 6.05. The molecule has 17 heavy (non-hydrogen) atoms. The molecule has 0 spiro atoms. The molecular weight excluding hydrogens is 234 g/mol. The molecule has 1 aromatic rings. The zero-order chi connectivity index (χ0) is 12.9. The van der Waals surface area contributed by atoms with Crippen molar-refractivity contribution in [1.29, 1.82) is 0 Å². The van der Waals surface area contributed by atoms with Gasteiger partial charge in [0.2, 0.25) is 0 Å². The number of anilines is 1. The fourth-order valence-corrected chi connectivity index (χ4v) is 2.20. The van der Waals surface area contributed by atoms with Gasteiger partial charge in [0.15, 0.2) is 9.84 Å². The Morgan fingerprint density at radius 1 is 1.29 bits per heavy atom. The monoisotopic (exact) mass is 255 g/mol. The van der Waals surface area contributed by atoms with Crippen LogP contribution in [-0.2, 0) is 9.84 Å². The summed E-state index contributed by atoms with van der Waals surface area (Å²) < 4.78 is 22.6. The molecule has 1 aromatic carbocycles. The van der Waals surface area contributed by atoms with E-state index in [1.54, 1.807) is 6.92 Å². The summed E-state index contributed by atoms with van der Waals surface area (Å²) in [6.07, 6.45) is 0. The molecule has 96 valence electrons. The zero-order valence-corrected chi connectivity index (χ0v) is 11.5. The van der Waals surface area contributed by atoms with Gasteiger partial charge in [-0.25, -0.2) is 8.42 Å². The predicted molar refractivity (Wildman–Crippen MR) is 73.3 cm³/mol. The third-order valence-electron chi connectivity index (χ3n) is 2.74. The van der Waals surface area contributed by atoms with E-state index in [2.05, 4.69) is 31.3 Å². The van der Waals surface area contributed by atoms with Crippen LogP contribution >= 0.6 is 0 Å². The van der Waals surface area contributed by atoms with Crippen molar-refractivity contribution in [3.63, 3.8) is 0 Å². The molecular formula is C13H21NO2S. The summed E-state index contributed by atoms with van der Waals surface area (Å²) in [6.45, 7) is 6.42. The first-order valence-corrected chi connectivity index (χ1v) is 7.81. The fourth-order valence-electron chi connectivity index (χ4n) is 1.50. The van der Waals surface area contributed by atoms with Gasteiger partial charge in [-0.15, -0.1) is 0 Å². The summed E-state index contributed by atoms with van der Waals surface area (Å²) in [6, 6.07) is 8.11. The van der Waals surface area contributed by atoms with Gasteiger partial charge in [0.05, 0.1) is 5.75 Å². The highest BCUT2D eigenvalue weighted by molar-refractivity contribution is 7.91. The van der Waals surface area contributed by atoms with Crippen molar-refractivity contribution in [2.45, 2.75) is 26.7 Å². The Balaban J connectivity index is 2.55. The highest BCUT2D eigenvalue weighted by Gasteiger charge is 2.06. The molecule has 0 fully saturated rings. The SMILES string of the molecule is CCS(=O)(=O)CCNc1cccc(C(C)C)c1. The van der Waals surface area contributed by atoms with E-state index in [4.69, 9.17) is 0 Å². The highest BCUT2D eigenvalue weighted by atomic mass is 32.2. The van der Waals surface area contributed by atoms with Crippen molar-refractivity contribution in [1.82, 2.24) is 0 Å². The third-order valence-corrected chi connectivity index (χ3v) is 4.44. The maximum absolute atomic E-state index is 11.3.